The Labute approximate surface area is 180 Å². The van der Waals surface area contributed by atoms with Gasteiger partial charge in [-0.15, -0.1) is 0 Å². The summed E-state index contributed by atoms with van der Waals surface area (Å²) in [5.74, 6) is -0.256. The molecule has 158 valence electrons. The summed E-state index contributed by atoms with van der Waals surface area (Å²) in [6, 6.07) is 12.6. The lowest BCUT2D eigenvalue weighted by molar-refractivity contribution is 0.150. The van der Waals surface area contributed by atoms with Gasteiger partial charge in [0.25, 0.3) is 0 Å². The van der Waals surface area contributed by atoms with Gasteiger partial charge < -0.3 is 14.1 Å². The highest BCUT2D eigenvalue weighted by molar-refractivity contribution is 7.90. The number of benzene rings is 2. The van der Waals surface area contributed by atoms with Crippen LogP contribution in [0.1, 0.15) is 36.5 Å². The Hall–Kier alpha value is -2.41. The Morgan fingerprint density at radius 3 is 2.57 bits per heavy atom. The fourth-order valence-corrected chi connectivity index (χ4v) is 3.99. The molecule has 1 unspecified atom stereocenters. The highest BCUT2D eigenvalue weighted by atomic mass is 32.2. The smallest absolute Gasteiger partial charge is 0.152 e. The molecule has 3 rings (SSSR count). The monoisotopic (exact) mass is 427 g/mol. The van der Waals surface area contributed by atoms with Gasteiger partial charge in [0.05, 0.1) is 6.61 Å². The van der Waals surface area contributed by atoms with E-state index < -0.39 is 11.2 Å². The standard InChI is InChI=1S/C24H26FNO3S/c1-17-21(11-14-29-26-12-4-13-28-2)24-16-19(25)7-10-22(24)23(17)15-18-5-8-20(9-6-18)30(3)27/h5-10,12,15-16H,4,11,13-14H2,1-3H3/b23-15-,26-12?. The Bertz CT molecular complexity index is 965. The van der Waals surface area contributed by atoms with Gasteiger partial charge in [0.15, 0.2) is 4.90 Å². The van der Waals surface area contributed by atoms with Gasteiger partial charge in [-0.3, -0.25) is 0 Å². The average molecular weight is 428 g/mol. The van der Waals surface area contributed by atoms with Gasteiger partial charge in [0, 0.05) is 26.2 Å². The van der Waals surface area contributed by atoms with Crippen LogP contribution >= 0.6 is 0 Å². The highest BCUT2D eigenvalue weighted by Gasteiger charge is 2.24. The minimum atomic E-state index is -1.00. The zero-order chi connectivity index (χ0) is 21.5. The van der Waals surface area contributed by atoms with E-state index in [2.05, 4.69) is 18.2 Å². The van der Waals surface area contributed by atoms with Crippen LogP contribution in [0.2, 0.25) is 0 Å². The lowest BCUT2D eigenvalue weighted by Crippen LogP contribution is -1.96. The number of rotatable bonds is 9. The third-order valence-corrected chi connectivity index (χ3v) is 5.96. The first-order chi connectivity index (χ1) is 14.5. The number of fused-ring (bicyclic) bond motifs is 1. The Morgan fingerprint density at radius 2 is 1.87 bits per heavy atom. The number of allylic oxidation sites excluding steroid dienone is 2. The highest BCUT2D eigenvalue weighted by Crippen LogP contribution is 2.43. The quantitative estimate of drug-likeness (QED) is 0.236. The molecule has 0 saturated carbocycles. The predicted molar refractivity (Wildman–Crippen MR) is 121 cm³/mol. The SMILES string of the molecule is COCCC=NOCCC1=C(C)/C(=C/c2ccc([S+](C)[O-])cc2)c2ccc(F)cc21. The molecular weight excluding hydrogens is 401 g/mol. The molecule has 0 radical (unpaired) electrons. The molecule has 2 aromatic rings. The van der Waals surface area contributed by atoms with Gasteiger partial charge >= 0.3 is 0 Å². The molecule has 0 spiro atoms. The van der Waals surface area contributed by atoms with E-state index in [1.165, 1.54) is 6.07 Å². The van der Waals surface area contributed by atoms with Crippen molar-refractivity contribution in [3.63, 3.8) is 0 Å². The van der Waals surface area contributed by atoms with Gasteiger partial charge in [-0.05, 0) is 94.0 Å². The van der Waals surface area contributed by atoms with Crippen molar-refractivity contribution >= 4 is 34.6 Å². The Balaban J connectivity index is 1.82. The molecule has 1 aliphatic carbocycles. The minimum absolute atomic E-state index is 0.256. The maximum atomic E-state index is 14.0. The third kappa shape index (κ3) is 5.39. The van der Waals surface area contributed by atoms with Gasteiger partial charge in [-0.2, -0.15) is 0 Å². The molecule has 30 heavy (non-hydrogen) atoms. The van der Waals surface area contributed by atoms with Crippen LogP contribution in [0.5, 0.6) is 0 Å². The molecule has 0 heterocycles. The minimum Gasteiger partial charge on any atom is -0.612 e. The molecule has 1 atom stereocenters. The maximum Gasteiger partial charge on any atom is 0.152 e. The van der Waals surface area contributed by atoms with Gasteiger partial charge in [-0.25, -0.2) is 4.39 Å². The number of methoxy groups -OCH3 is 1. The lowest BCUT2D eigenvalue weighted by atomic mass is 10.0. The van der Waals surface area contributed by atoms with E-state index in [0.29, 0.717) is 26.1 Å². The Kier molecular flexibility index (Phi) is 7.85. The lowest BCUT2D eigenvalue weighted by Gasteiger charge is -2.06. The van der Waals surface area contributed by atoms with Gasteiger partial charge in [0.2, 0.25) is 0 Å². The number of ether oxygens (including phenoxy) is 1. The largest absolute Gasteiger partial charge is 0.612 e. The van der Waals surface area contributed by atoms with Crippen LogP contribution in [-0.4, -0.2) is 37.3 Å². The first kappa shape index (κ1) is 22.3. The second-order valence-corrected chi connectivity index (χ2v) is 8.41. The van der Waals surface area contributed by atoms with Gasteiger partial charge in [-0.1, -0.05) is 11.2 Å². The average Bonchev–Trinajstić information content (AvgIpc) is 2.98. The molecule has 6 heteroatoms. The van der Waals surface area contributed by atoms with E-state index in [9.17, 15) is 8.94 Å². The number of hydrogen-bond donors (Lipinski definition) is 0. The van der Waals surface area contributed by atoms with Crippen molar-refractivity contribution in [1.82, 2.24) is 0 Å². The van der Waals surface area contributed by atoms with E-state index >= 15 is 0 Å². The summed E-state index contributed by atoms with van der Waals surface area (Å²) in [7, 11) is 1.64. The van der Waals surface area contributed by atoms with Crippen molar-refractivity contribution in [3.8, 4) is 0 Å². The van der Waals surface area contributed by atoms with Crippen molar-refractivity contribution in [3.05, 3.63) is 70.5 Å². The molecule has 2 aromatic carbocycles. The number of oxime groups is 1. The first-order valence-electron chi connectivity index (χ1n) is 9.79. The molecule has 1 aliphatic rings. The van der Waals surface area contributed by atoms with Crippen LogP contribution < -0.4 is 0 Å². The van der Waals surface area contributed by atoms with Crippen molar-refractivity contribution in [2.24, 2.45) is 5.16 Å². The third-order valence-electron chi connectivity index (χ3n) is 5.02. The number of halogens is 1. The second kappa shape index (κ2) is 10.6. The van der Waals surface area contributed by atoms with E-state index in [4.69, 9.17) is 9.57 Å². The Morgan fingerprint density at radius 1 is 1.10 bits per heavy atom. The number of nitrogens with zero attached hydrogens (tertiary/aromatic N) is 1. The van der Waals surface area contributed by atoms with Crippen molar-refractivity contribution in [1.29, 1.82) is 0 Å². The van der Waals surface area contributed by atoms with Crippen molar-refractivity contribution in [2.45, 2.75) is 24.7 Å². The van der Waals surface area contributed by atoms with E-state index in [-0.39, 0.29) is 5.82 Å². The summed E-state index contributed by atoms with van der Waals surface area (Å²) in [4.78, 5) is 6.16. The van der Waals surface area contributed by atoms with Crippen LogP contribution in [0, 0.1) is 5.82 Å². The fraction of sp³-hybridized carbons (Fsp3) is 0.292. The molecule has 4 nitrogen and oxygen atoms in total. The summed E-state index contributed by atoms with van der Waals surface area (Å²) in [5.41, 5.74) is 6.15. The molecule has 0 saturated heterocycles. The predicted octanol–water partition coefficient (Wildman–Crippen LogP) is 5.32. The molecular formula is C24H26FNO3S. The van der Waals surface area contributed by atoms with Gasteiger partial charge in [0.1, 0.15) is 18.7 Å². The fourth-order valence-electron chi connectivity index (χ4n) is 3.47. The summed E-state index contributed by atoms with van der Waals surface area (Å²) in [6.45, 7) is 3.07. The van der Waals surface area contributed by atoms with Crippen molar-refractivity contribution in [2.75, 3.05) is 26.6 Å². The molecule has 0 amide bonds. The molecule has 0 bridgehead atoms. The van der Waals surface area contributed by atoms with Crippen molar-refractivity contribution < 1.29 is 18.5 Å². The van der Waals surface area contributed by atoms with E-state index in [1.54, 1.807) is 25.6 Å². The normalized spacial score (nSPS) is 15.8. The van der Waals surface area contributed by atoms with Crippen LogP contribution in [0.15, 0.2) is 58.1 Å². The van der Waals surface area contributed by atoms with Crippen LogP contribution in [0.4, 0.5) is 4.39 Å². The molecule has 0 N–H and O–H groups in total. The van der Waals surface area contributed by atoms with Crippen LogP contribution in [-0.2, 0) is 20.8 Å². The van der Waals surface area contributed by atoms with E-state index in [0.717, 1.165) is 38.3 Å². The molecule has 0 aromatic heterocycles. The summed E-state index contributed by atoms with van der Waals surface area (Å²) >= 11 is -1.00. The maximum absolute atomic E-state index is 14.0. The topological polar surface area (TPSA) is 53.9 Å². The first-order valence-corrected chi connectivity index (χ1v) is 11.4. The molecule has 0 fully saturated rings. The number of hydrogen-bond acceptors (Lipinski definition) is 4. The summed E-state index contributed by atoms with van der Waals surface area (Å²) in [5, 5.41) is 3.94. The summed E-state index contributed by atoms with van der Waals surface area (Å²) in [6.07, 6.45) is 6.77. The summed E-state index contributed by atoms with van der Waals surface area (Å²) < 4.78 is 30.5. The van der Waals surface area contributed by atoms with Crippen LogP contribution in [0.25, 0.3) is 17.2 Å². The zero-order valence-electron chi connectivity index (χ0n) is 17.5. The second-order valence-electron chi connectivity index (χ2n) is 7.03. The zero-order valence-corrected chi connectivity index (χ0v) is 18.3. The van der Waals surface area contributed by atoms with Crippen LogP contribution in [0.3, 0.4) is 0 Å². The van der Waals surface area contributed by atoms with E-state index in [1.807, 2.05) is 30.3 Å². The molecule has 0 aliphatic heterocycles.